The first-order valence-corrected chi connectivity index (χ1v) is 8.70. The van der Waals surface area contributed by atoms with Crippen molar-refractivity contribution in [1.29, 1.82) is 0 Å². The summed E-state index contributed by atoms with van der Waals surface area (Å²) in [5.74, 6) is 0.972. The van der Waals surface area contributed by atoms with E-state index in [0.29, 0.717) is 29.2 Å². The molecule has 0 aliphatic heterocycles. The number of imidazole rings is 1. The fourth-order valence-electron chi connectivity index (χ4n) is 2.87. The lowest BCUT2D eigenvalue weighted by Gasteiger charge is -2.11. The molecule has 2 N–H and O–H groups in total. The Morgan fingerprint density at radius 1 is 1.07 bits per heavy atom. The van der Waals surface area contributed by atoms with E-state index in [0.717, 1.165) is 11.1 Å². The first-order valence-electron chi connectivity index (χ1n) is 8.70. The smallest absolute Gasteiger partial charge is 0.240 e. The summed E-state index contributed by atoms with van der Waals surface area (Å²) in [5.41, 5.74) is 3.10. The van der Waals surface area contributed by atoms with Gasteiger partial charge in [0.25, 0.3) is 0 Å². The van der Waals surface area contributed by atoms with Gasteiger partial charge in [-0.05, 0) is 35.9 Å². The van der Waals surface area contributed by atoms with Gasteiger partial charge in [-0.2, -0.15) is 0 Å². The van der Waals surface area contributed by atoms with Crippen molar-refractivity contribution >= 4 is 28.5 Å². The van der Waals surface area contributed by atoms with Crippen LogP contribution in [-0.2, 0) is 22.7 Å². The number of amides is 2. The van der Waals surface area contributed by atoms with Crippen molar-refractivity contribution < 1.29 is 19.1 Å². The molecule has 0 bridgehead atoms. The van der Waals surface area contributed by atoms with Gasteiger partial charge in [0.15, 0.2) is 11.5 Å². The van der Waals surface area contributed by atoms with Gasteiger partial charge >= 0.3 is 0 Å². The van der Waals surface area contributed by atoms with E-state index >= 15 is 0 Å². The fourth-order valence-corrected chi connectivity index (χ4v) is 2.87. The van der Waals surface area contributed by atoms with Gasteiger partial charge in [0.1, 0.15) is 6.54 Å². The van der Waals surface area contributed by atoms with Crippen LogP contribution >= 0.6 is 0 Å². The average molecular weight is 382 g/mol. The Morgan fingerprint density at radius 3 is 2.57 bits per heavy atom. The van der Waals surface area contributed by atoms with Gasteiger partial charge in [0.05, 0.1) is 31.6 Å². The number of carbonyl (C=O) groups is 2. The maximum atomic E-state index is 12.3. The lowest BCUT2D eigenvalue weighted by Crippen LogP contribution is -2.26. The molecule has 3 aromatic rings. The van der Waals surface area contributed by atoms with Crippen molar-refractivity contribution in [3.05, 3.63) is 48.3 Å². The van der Waals surface area contributed by atoms with E-state index in [4.69, 9.17) is 9.47 Å². The summed E-state index contributed by atoms with van der Waals surface area (Å²) in [7, 11) is 3.15. The van der Waals surface area contributed by atoms with Gasteiger partial charge in [-0.3, -0.25) is 9.59 Å². The van der Waals surface area contributed by atoms with Crippen LogP contribution in [0.2, 0.25) is 0 Å². The molecule has 0 fully saturated rings. The Hall–Kier alpha value is -3.55. The number of nitrogens with one attached hydrogen (secondary N) is 2. The van der Waals surface area contributed by atoms with Crippen molar-refractivity contribution in [1.82, 2.24) is 14.9 Å². The van der Waals surface area contributed by atoms with E-state index < -0.39 is 0 Å². The van der Waals surface area contributed by atoms with Crippen LogP contribution in [0, 0.1) is 0 Å². The highest BCUT2D eigenvalue weighted by molar-refractivity contribution is 5.91. The second kappa shape index (κ2) is 8.43. The molecule has 0 atom stereocenters. The molecule has 0 spiro atoms. The molecular weight excluding hydrogens is 360 g/mol. The zero-order valence-electron chi connectivity index (χ0n) is 16.0. The zero-order valence-corrected chi connectivity index (χ0v) is 16.0. The van der Waals surface area contributed by atoms with Gasteiger partial charge in [0.2, 0.25) is 11.8 Å². The molecule has 0 unspecified atom stereocenters. The number of hydrogen-bond donors (Lipinski definition) is 2. The predicted octanol–water partition coefficient (Wildman–Crippen LogP) is 2.33. The molecule has 2 amide bonds. The summed E-state index contributed by atoms with van der Waals surface area (Å²) >= 11 is 0. The number of benzene rings is 2. The van der Waals surface area contributed by atoms with E-state index in [1.807, 2.05) is 18.2 Å². The number of anilines is 1. The summed E-state index contributed by atoms with van der Waals surface area (Å²) in [5, 5.41) is 5.60. The highest BCUT2D eigenvalue weighted by Gasteiger charge is 2.10. The monoisotopic (exact) mass is 382 g/mol. The van der Waals surface area contributed by atoms with E-state index in [1.54, 1.807) is 43.3 Å². The predicted molar refractivity (Wildman–Crippen MR) is 105 cm³/mol. The van der Waals surface area contributed by atoms with Crippen LogP contribution in [0.15, 0.2) is 42.7 Å². The third-order valence-electron chi connectivity index (χ3n) is 4.19. The molecule has 28 heavy (non-hydrogen) atoms. The maximum absolute atomic E-state index is 12.3. The molecule has 3 rings (SSSR count). The molecule has 2 aromatic carbocycles. The third-order valence-corrected chi connectivity index (χ3v) is 4.19. The van der Waals surface area contributed by atoms with Crippen LogP contribution in [-0.4, -0.2) is 35.6 Å². The minimum Gasteiger partial charge on any atom is -0.493 e. The molecule has 8 nitrogen and oxygen atoms in total. The number of nitrogens with zero attached hydrogens (tertiary/aromatic N) is 2. The average Bonchev–Trinajstić information content (AvgIpc) is 3.07. The van der Waals surface area contributed by atoms with E-state index in [9.17, 15) is 9.59 Å². The summed E-state index contributed by atoms with van der Waals surface area (Å²) in [6.45, 7) is 1.97. The summed E-state index contributed by atoms with van der Waals surface area (Å²) < 4.78 is 12.2. The molecule has 0 saturated heterocycles. The second-order valence-electron chi connectivity index (χ2n) is 6.22. The molecule has 8 heteroatoms. The number of methoxy groups -OCH3 is 2. The molecule has 1 aromatic heterocycles. The van der Waals surface area contributed by atoms with Crippen LogP contribution < -0.4 is 20.1 Å². The number of hydrogen-bond acceptors (Lipinski definition) is 5. The standard InChI is InChI=1S/C20H22N4O4/c1-13(25)23-15-5-6-17-16(9-15)22-12-24(17)11-20(26)21-10-14-4-7-18(27-2)19(8-14)28-3/h4-9,12H,10-11H2,1-3H3,(H,21,26)(H,23,25). The number of carbonyl (C=O) groups excluding carboxylic acids is 2. The van der Waals surface area contributed by atoms with E-state index in [1.165, 1.54) is 6.92 Å². The van der Waals surface area contributed by atoms with Gasteiger partial charge in [-0.15, -0.1) is 0 Å². The molecule has 146 valence electrons. The fraction of sp³-hybridized carbons (Fsp3) is 0.250. The number of aromatic nitrogens is 2. The normalized spacial score (nSPS) is 10.5. The van der Waals surface area contributed by atoms with Gasteiger partial charge in [-0.25, -0.2) is 4.98 Å². The van der Waals surface area contributed by atoms with Crippen molar-refractivity contribution in [2.75, 3.05) is 19.5 Å². The molecule has 0 saturated carbocycles. The molecular formula is C20H22N4O4. The minimum atomic E-state index is -0.145. The van der Waals surface area contributed by atoms with Crippen LogP contribution in [0.5, 0.6) is 11.5 Å². The Labute approximate surface area is 162 Å². The Balaban J connectivity index is 1.64. The van der Waals surface area contributed by atoms with Crippen molar-refractivity contribution in [3.63, 3.8) is 0 Å². The first-order chi connectivity index (χ1) is 13.5. The summed E-state index contributed by atoms with van der Waals surface area (Å²) in [4.78, 5) is 27.8. The summed E-state index contributed by atoms with van der Waals surface area (Å²) in [6, 6.07) is 10.9. The topological polar surface area (TPSA) is 94.5 Å². The Bertz CT molecular complexity index is 1010. The van der Waals surface area contributed by atoms with Gasteiger partial charge in [0, 0.05) is 19.2 Å². The number of fused-ring (bicyclic) bond motifs is 1. The highest BCUT2D eigenvalue weighted by atomic mass is 16.5. The number of ether oxygens (including phenoxy) is 2. The Morgan fingerprint density at radius 2 is 1.86 bits per heavy atom. The van der Waals surface area contributed by atoms with Crippen LogP contribution in [0.3, 0.4) is 0 Å². The second-order valence-corrected chi connectivity index (χ2v) is 6.22. The van der Waals surface area contributed by atoms with E-state index in [2.05, 4.69) is 15.6 Å². The quantitative estimate of drug-likeness (QED) is 0.654. The van der Waals surface area contributed by atoms with Crippen molar-refractivity contribution in [3.8, 4) is 11.5 Å². The molecule has 0 radical (unpaired) electrons. The summed E-state index contributed by atoms with van der Waals surface area (Å²) in [6.07, 6.45) is 1.61. The lowest BCUT2D eigenvalue weighted by molar-refractivity contribution is -0.121. The van der Waals surface area contributed by atoms with Crippen LogP contribution in [0.1, 0.15) is 12.5 Å². The zero-order chi connectivity index (χ0) is 20.1. The highest BCUT2D eigenvalue weighted by Crippen LogP contribution is 2.27. The van der Waals surface area contributed by atoms with Gasteiger partial charge < -0.3 is 24.7 Å². The van der Waals surface area contributed by atoms with Crippen LogP contribution in [0.25, 0.3) is 11.0 Å². The molecule has 0 aliphatic rings. The first kappa shape index (κ1) is 19.2. The minimum absolute atomic E-state index is 0.139. The molecule has 0 aliphatic carbocycles. The van der Waals surface area contributed by atoms with Crippen molar-refractivity contribution in [2.45, 2.75) is 20.0 Å². The van der Waals surface area contributed by atoms with E-state index in [-0.39, 0.29) is 18.4 Å². The van der Waals surface area contributed by atoms with Crippen LogP contribution in [0.4, 0.5) is 5.69 Å². The third kappa shape index (κ3) is 4.40. The van der Waals surface area contributed by atoms with Gasteiger partial charge in [-0.1, -0.05) is 6.07 Å². The SMILES string of the molecule is COc1ccc(CNC(=O)Cn2cnc3cc(NC(C)=O)ccc32)cc1OC. The lowest BCUT2D eigenvalue weighted by atomic mass is 10.2. The molecule has 1 heterocycles. The van der Waals surface area contributed by atoms with Crippen molar-refractivity contribution in [2.24, 2.45) is 0 Å². The Kier molecular flexibility index (Phi) is 5.78. The maximum Gasteiger partial charge on any atom is 0.240 e. The number of rotatable bonds is 7. The largest absolute Gasteiger partial charge is 0.493 e.